The van der Waals surface area contributed by atoms with Gasteiger partial charge in [0.2, 0.25) is 0 Å². The van der Waals surface area contributed by atoms with Gasteiger partial charge in [0, 0.05) is 5.69 Å². The highest BCUT2D eigenvalue weighted by atomic mass is 35.5. The van der Waals surface area contributed by atoms with Crippen molar-refractivity contribution in [2.75, 3.05) is 16.4 Å². The van der Waals surface area contributed by atoms with Gasteiger partial charge in [0.05, 0.1) is 27.7 Å². The van der Waals surface area contributed by atoms with Crippen LogP contribution in [0.4, 0.5) is 22.1 Å². The van der Waals surface area contributed by atoms with Gasteiger partial charge in [-0.05, 0) is 37.3 Å². The van der Waals surface area contributed by atoms with Crippen LogP contribution in [0.3, 0.4) is 0 Å². The van der Waals surface area contributed by atoms with Crippen molar-refractivity contribution in [1.82, 2.24) is 19.5 Å². The fourth-order valence-corrected chi connectivity index (χ4v) is 3.75. The number of fused-ring (bicyclic) bond motifs is 1. The Bertz CT molecular complexity index is 1530. The van der Waals surface area contributed by atoms with Crippen LogP contribution < -0.4 is 27.7 Å². The number of rotatable bonds is 5. The van der Waals surface area contributed by atoms with Crippen LogP contribution in [0.2, 0.25) is 5.02 Å². The van der Waals surface area contributed by atoms with E-state index in [0.717, 1.165) is 0 Å². The van der Waals surface area contributed by atoms with Crippen molar-refractivity contribution in [1.29, 1.82) is 5.26 Å². The Morgan fingerprint density at radius 3 is 2.74 bits per heavy atom. The molecule has 2 aromatic heterocycles. The summed E-state index contributed by atoms with van der Waals surface area (Å²) in [6, 6.07) is 12.1. The number of carbonyl (C=O) groups excluding carboxylic acids is 1. The maximum Gasteiger partial charge on any atom is 0.316 e. The number of amides is 2. The first-order valence-corrected chi connectivity index (χ1v) is 10.3. The van der Waals surface area contributed by atoms with Crippen LogP contribution in [0, 0.1) is 11.3 Å². The summed E-state index contributed by atoms with van der Waals surface area (Å²) in [4.78, 5) is 37.6. The summed E-state index contributed by atoms with van der Waals surface area (Å²) in [7, 11) is 0. The molecule has 4 rings (SSSR count). The van der Waals surface area contributed by atoms with Crippen molar-refractivity contribution >= 4 is 45.9 Å². The largest absolute Gasteiger partial charge is 0.382 e. The molecule has 2 aromatic carbocycles. The van der Waals surface area contributed by atoms with E-state index in [4.69, 9.17) is 23.1 Å². The second-order valence-corrected chi connectivity index (χ2v) is 7.65. The molecule has 0 bridgehead atoms. The Labute approximate surface area is 198 Å². The highest BCUT2D eigenvalue weighted by molar-refractivity contribution is 6.35. The molecular weight excluding hydrogens is 458 g/mol. The molecule has 0 spiro atoms. The molecule has 0 aliphatic carbocycles. The number of carbonyl (C=O) groups is 1. The molecule has 0 radical (unpaired) electrons. The van der Waals surface area contributed by atoms with Crippen LogP contribution >= 0.6 is 11.6 Å². The number of nitrogens with two attached hydrogens (primary N) is 2. The van der Waals surface area contributed by atoms with Crippen LogP contribution in [0.5, 0.6) is 0 Å². The van der Waals surface area contributed by atoms with Gasteiger partial charge in [0.25, 0.3) is 5.56 Å². The molecule has 1 unspecified atom stereocenters. The number of primary amides is 1. The van der Waals surface area contributed by atoms with E-state index in [2.05, 4.69) is 25.6 Å². The fraction of sp³-hybridized carbons (Fsp3) is 0.0909. The standard InChI is InChI=1S/C22H18ClN9O2/c1-11(29-19-14(9-24)18(25)27-10-28-19)20-31-16-7-3-6-15(23)17(16)21(33)32(20)13-5-2-4-12(8-13)30-22(26)34/h2-8,10-11H,1H3,(H3,26,30,34)(H3,25,27,28,29). The summed E-state index contributed by atoms with van der Waals surface area (Å²) < 4.78 is 1.37. The zero-order valence-electron chi connectivity index (χ0n) is 17.8. The van der Waals surface area contributed by atoms with Crippen LogP contribution in [-0.2, 0) is 0 Å². The lowest BCUT2D eigenvalue weighted by Crippen LogP contribution is -2.28. The molecular formula is C22H18ClN9O2. The van der Waals surface area contributed by atoms with Gasteiger partial charge in [-0.15, -0.1) is 0 Å². The minimum absolute atomic E-state index is 0.0214. The van der Waals surface area contributed by atoms with Crippen molar-refractivity contribution in [3.8, 4) is 11.8 Å². The number of anilines is 3. The minimum Gasteiger partial charge on any atom is -0.382 e. The van der Waals surface area contributed by atoms with Gasteiger partial charge >= 0.3 is 6.03 Å². The van der Waals surface area contributed by atoms with Crippen molar-refractivity contribution in [2.45, 2.75) is 13.0 Å². The first-order chi connectivity index (χ1) is 16.3. The number of aromatic nitrogens is 4. The van der Waals surface area contributed by atoms with E-state index in [1.54, 1.807) is 49.4 Å². The summed E-state index contributed by atoms with van der Waals surface area (Å²) in [6.45, 7) is 1.75. The molecule has 0 aliphatic rings. The molecule has 0 saturated carbocycles. The zero-order valence-corrected chi connectivity index (χ0v) is 18.5. The SMILES string of the molecule is CC(Nc1ncnc(N)c1C#N)c1nc2cccc(Cl)c2c(=O)n1-c1cccc(NC(N)=O)c1. The Balaban J connectivity index is 1.93. The molecule has 1 atom stereocenters. The zero-order chi connectivity index (χ0) is 24.4. The van der Waals surface area contributed by atoms with Gasteiger partial charge in [-0.3, -0.25) is 9.36 Å². The predicted octanol–water partition coefficient (Wildman–Crippen LogP) is 2.95. The van der Waals surface area contributed by atoms with E-state index in [1.165, 1.54) is 10.9 Å². The lowest BCUT2D eigenvalue weighted by atomic mass is 10.2. The van der Waals surface area contributed by atoms with Crippen LogP contribution in [-0.4, -0.2) is 25.6 Å². The number of hydrogen-bond donors (Lipinski definition) is 4. The summed E-state index contributed by atoms with van der Waals surface area (Å²) >= 11 is 6.33. The van der Waals surface area contributed by atoms with E-state index in [1.807, 2.05) is 6.07 Å². The Kier molecular flexibility index (Phi) is 5.99. The molecule has 0 fully saturated rings. The van der Waals surface area contributed by atoms with E-state index in [-0.39, 0.29) is 27.6 Å². The number of nitrogens with zero attached hydrogens (tertiary/aromatic N) is 5. The van der Waals surface area contributed by atoms with Crippen LogP contribution in [0.1, 0.15) is 24.4 Å². The normalized spacial score (nSPS) is 11.6. The summed E-state index contributed by atoms with van der Waals surface area (Å²) in [5.41, 5.74) is 11.9. The topological polar surface area (TPSA) is 178 Å². The highest BCUT2D eigenvalue weighted by Gasteiger charge is 2.21. The monoisotopic (exact) mass is 475 g/mol. The first-order valence-electron chi connectivity index (χ1n) is 9.95. The molecule has 4 aromatic rings. The van der Waals surface area contributed by atoms with Gasteiger partial charge in [-0.2, -0.15) is 5.26 Å². The van der Waals surface area contributed by atoms with Gasteiger partial charge in [-0.1, -0.05) is 23.7 Å². The van der Waals surface area contributed by atoms with E-state index in [0.29, 0.717) is 22.7 Å². The highest BCUT2D eigenvalue weighted by Crippen LogP contribution is 2.26. The number of halogens is 1. The Morgan fingerprint density at radius 1 is 1.24 bits per heavy atom. The molecule has 6 N–H and O–H groups in total. The Hall–Kier alpha value is -4.69. The second-order valence-electron chi connectivity index (χ2n) is 7.24. The lowest BCUT2D eigenvalue weighted by Gasteiger charge is -2.21. The smallest absolute Gasteiger partial charge is 0.316 e. The molecule has 170 valence electrons. The second kappa shape index (κ2) is 9.05. The van der Waals surface area contributed by atoms with Crippen molar-refractivity contribution < 1.29 is 4.79 Å². The van der Waals surface area contributed by atoms with Crippen molar-refractivity contribution in [3.63, 3.8) is 0 Å². The van der Waals surface area contributed by atoms with Crippen LogP contribution in [0.25, 0.3) is 16.6 Å². The van der Waals surface area contributed by atoms with Crippen LogP contribution in [0.15, 0.2) is 53.6 Å². The third kappa shape index (κ3) is 4.17. The average Bonchev–Trinajstić information content (AvgIpc) is 2.78. The van der Waals surface area contributed by atoms with Crippen molar-refractivity contribution in [3.05, 3.63) is 75.6 Å². The van der Waals surface area contributed by atoms with Gasteiger partial charge in [-0.25, -0.2) is 19.7 Å². The maximum absolute atomic E-state index is 13.6. The van der Waals surface area contributed by atoms with Gasteiger partial charge in [0.1, 0.15) is 35.4 Å². The van der Waals surface area contributed by atoms with E-state index >= 15 is 0 Å². The fourth-order valence-electron chi connectivity index (χ4n) is 3.50. The van der Waals surface area contributed by atoms with Gasteiger partial charge in [0.15, 0.2) is 0 Å². The quantitative estimate of drug-likeness (QED) is 0.340. The minimum atomic E-state index is -0.746. The molecule has 2 amide bonds. The predicted molar refractivity (Wildman–Crippen MR) is 129 cm³/mol. The maximum atomic E-state index is 13.6. The van der Waals surface area contributed by atoms with E-state index < -0.39 is 17.6 Å². The number of hydrogen-bond acceptors (Lipinski definition) is 8. The third-order valence-corrected chi connectivity index (χ3v) is 5.29. The van der Waals surface area contributed by atoms with Gasteiger partial charge < -0.3 is 22.1 Å². The first kappa shape index (κ1) is 22.5. The Morgan fingerprint density at radius 2 is 2.00 bits per heavy atom. The summed E-state index contributed by atoms with van der Waals surface area (Å²) in [6.07, 6.45) is 1.23. The number of urea groups is 1. The number of nitriles is 1. The summed E-state index contributed by atoms with van der Waals surface area (Å²) in [5, 5.41) is 15.5. The lowest BCUT2D eigenvalue weighted by molar-refractivity contribution is 0.259. The summed E-state index contributed by atoms with van der Waals surface area (Å²) in [5.74, 6) is 0.517. The molecule has 34 heavy (non-hydrogen) atoms. The molecule has 12 heteroatoms. The molecule has 0 aliphatic heterocycles. The molecule has 11 nitrogen and oxygen atoms in total. The molecule has 2 heterocycles. The van der Waals surface area contributed by atoms with E-state index in [9.17, 15) is 14.9 Å². The number of benzene rings is 2. The average molecular weight is 476 g/mol. The number of nitrogens with one attached hydrogen (secondary N) is 2. The van der Waals surface area contributed by atoms with Crippen molar-refractivity contribution in [2.24, 2.45) is 5.73 Å². The molecule has 0 saturated heterocycles. The third-order valence-electron chi connectivity index (χ3n) is 4.97. The number of nitrogen functional groups attached to an aromatic ring is 1.